The molecule has 128 valence electrons. The fourth-order valence-corrected chi connectivity index (χ4v) is 2.73. The first-order chi connectivity index (χ1) is 12.0. The van der Waals surface area contributed by atoms with E-state index in [0.29, 0.717) is 24.5 Å². The highest BCUT2D eigenvalue weighted by Crippen LogP contribution is 2.12. The quantitative estimate of drug-likeness (QED) is 0.750. The predicted molar refractivity (Wildman–Crippen MR) is 95.1 cm³/mol. The van der Waals surface area contributed by atoms with Crippen molar-refractivity contribution in [3.8, 4) is 0 Å². The van der Waals surface area contributed by atoms with Crippen molar-refractivity contribution >= 4 is 17.5 Å². The van der Waals surface area contributed by atoms with Gasteiger partial charge in [-0.3, -0.25) is 14.0 Å². The maximum absolute atomic E-state index is 12.6. The fraction of sp³-hybridized carbons (Fsp3) is 0.211. The highest BCUT2D eigenvalue weighted by molar-refractivity contribution is 5.94. The van der Waals surface area contributed by atoms with E-state index < -0.39 is 0 Å². The monoisotopic (exact) mass is 336 g/mol. The topological polar surface area (TPSA) is 75.5 Å². The zero-order chi connectivity index (χ0) is 17.8. The summed E-state index contributed by atoms with van der Waals surface area (Å²) >= 11 is 0. The van der Waals surface area contributed by atoms with Crippen molar-refractivity contribution in [1.29, 1.82) is 0 Å². The van der Waals surface area contributed by atoms with E-state index in [1.54, 1.807) is 4.40 Å². The lowest BCUT2D eigenvalue weighted by Gasteiger charge is -2.08. The van der Waals surface area contributed by atoms with Crippen LogP contribution in [0.25, 0.3) is 5.65 Å². The van der Waals surface area contributed by atoms with Crippen LogP contribution >= 0.6 is 0 Å². The first kappa shape index (κ1) is 16.7. The Hall–Kier alpha value is -3.15. The van der Waals surface area contributed by atoms with E-state index in [1.807, 2.05) is 55.6 Å². The van der Waals surface area contributed by atoms with Gasteiger partial charge in [-0.25, -0.2) is 4.98 Å². The molecule has 3 aromatic rings. The molecule has 0 aliphatic rings. The molecule has 0 radical (unpaired) electrons. The molecule has 0 bridgehead atoms. The summed E-state index contributed by atoms with van der Waals surface area (Å²) in [6, 6.07) is 13.4. The number of nitrogens with zero attached hydrogens (tertiary/aromatic N) is 2. The van der Waals surface area contributed by atoms with E-state index in [2.05, 4.69) is 15.6 Å². The van der Waals surface area contributed by atoms with Crippen LogP contribution in [-0.4, -0.2) is 21.2 Å². The summed E-state index contributed by atoms with van der Waals surface area (Å²) in [6.45, 7) is 4.20. The van der Waals surface area contributed by atoms with Crippen molar-refractivity contribution in [2.24, 2.45) is 0 Å². The van der Waals surface area contributed by atoms with Crippen LogP contribution in [0.5, 0.6) is 0 Å². The van der Waals surface area contributed by atoms with Crippen LogP contribution in [0.15, 0.2) is 48.7 Å². The van der Waals surface area contributed by atoms with Crippen LogP contribution in [-0.2, 0) is 17.9 Å². The molecule has 0 atom stereocenters. The molecule has 2 heterocycles. The highest BCUT2D eigenvalue weighted by atomic mass is 16.2. The summed E-state index contributed by atoms with van der Waals surface area (Å²) in [4.78, 5) is 28.0. The molecule has 6 nitrogen and oxygen atoms in total. The van der Waals surface area contributed by atoms with Crippen molar-refractivity contribution in [3.63, 3.8) is 0 Å². The third-order valence-electron chi connectivity index (χ3n) is 3.91. The van der Waals surface area contributed by atoms with Crippen molar-refractivity contribution in [1.82, 2.24) is 20.0 Å². The van der Waals surface area contributed by atoms with Gasteiger partial charge in [0.1, 0.15) is 11.3 Å². The molecule has 0 aliphatic heterocycles. The van der Waals surface area contributed by atoms with Crippen molar-refractivity contribution in [2.45, 2.75) is 26.9 Å². The summed E-state index contributed by atoms with van der Waals surface area (Å²) in [5.74, 6) is -0.231. The van der Waals surface area contributed by atoms with E-state index in [-0.39, 0.29) is 11.8 Å². The molecular weight excluding hydrogens is 316 g/mol. The Labute approximate surface area is 145 Å². The maximum Gasteiger partial charge on any atom is 0.270 e. The Bertz CT molecular complexity index is 930. The normalized spacial score (nSPS) is 10.6. The summed E-state index contributed by atoms with van der Waals surface area (Å²) in [5, 5.41) is 5.71. The van der Waals surface area contributed by atoms with Gasteiger partial charge in [0.25, 0.3) is 5.91 Å². The second kappa shape index (κ2) is 7.17. The first-order valence-corrected chi connectivity index (χ1v) is 8.09. The van der Waals surface area contributed by atoms with Gasteiger partial charge in [0.05, 0.1) is 5.69 Å². The number of carbonyl (C=O) groups is 2. The molecule has 0 aliphatic carbocycles. The Kier molecular flexibility index (Phi) is 4.79. The average molecular weight is 336 g/mol. The number of hydrogen-bond acceptors (Lipinski definition) is 3. The van der Waals surface area contributed by atoms with Gasteiger partial charge in [0, 0.05) is 26.2 Å². The smallest absolute Gasteiger partial charge is 0.270 e. The van der Waals surface area contributed by atoms with Gasteiger partial charge in [0.15, 0.2) is 0 Å². The Morgan fingerprint density at radius 2 is 1.76 bits per heavy atom. The second-order valence-electron chi connectivity index (χ2n) is 5.89. The molecule has 2 amide bonds. The summed E-state index contributed by atoms with van der Waals surface area (Å²) < 4.78 is 1.79. The number of nitrogens with one attached hydrogen (secondary N) is 2. The molecule has 0 spiro atoms. The molecule has 0 saturated carbocycles. The molecule has 3 rings (SSSR count). The van der Waals surface area contributed by atoms with Crippen LogP contribution < -0.4 is 10.6 Å². The van der Waals surface area contributed by atoms with Gasteiger partial charge in [-0.1, -0.05) is 30.3 Å². The molecule has 25 heavy (non-hydrogen) atoms. The number of aryl methyl sites for hydroxylation is 1. The summed E-state index contributed by atoms with van der Waals surface area (Å²) in [6.07, 6.45) is 1.83. The van der Waals surface area contributed by atoms with Gasteiger partial charge in [0.2, 0.25) is 5.91 Å². The predicted octanol–water partition coefficient (Wildman–Crippen LogP) is 2.21. The first-order valence-electron chi connectivity index (χ1n) is 8.09. The van der Waals surface area contributed by atoms with Gasteiger partial charge in [-0.2, -0.15) is 0 Å². The Balaban J connectivity index is 1.71. The minimum atomic E-state index is -0.163. The van der Waals surface area contributed by atoms with E-state index in [4.69, 9.17) is 0 Å². The third kappa shape index (κ3) is 3.85. The number of imidazole rings is 1. The largest absolute Gasteiger partial charge is 0.352 e. The number of aromatic nitrogens is 2. The van der Waals surface area contributed by atoms with E-state index in [0.717, 1.165) is 16.8 Å². The maximum atomic E-state index is 12.6. The molecule has 0 fully saturated rings. The zero-order valence-corrected chi connectivity index (χ0v) is 14.2. The molecule has 0 unspecified atom stereocenters. The van der Waals surface area contributed by atoms with Crippen LogP contribution in [0.4, 0.5) is 0 Å². The minimum absolute atomic E-state index is 0.0678. The summed E-state index contributed by atoms with van der Waals surface area (Å²) in [7, 11) is 0. The number of pyridine rings is 1. The fourth-order valence-electron chi connectivity index (χ4n) is 2.73. The Morgan fingerprint density at radius 3 is 2.48 bits per heavy atom. The van der Waals surface area contributed by atoms with Gasteiger partial charge in [-0.15, -0.1) is 0 Å². The van der Waals surface area contributed by atoms with Crippen molar-refractivity contribution in [2.75, 3.05) is 0 Å². The standard InChI is InChI=1S/C19H20N4O2/c1-13-18(23-9-4-3-8-17(23)22-13)19(25)21-12-16-7-5-6-15(10-16)11-20-14(2)24/h3-10H,11-12H2,1-2H3,(H,20,24)(H,21,25). The van der Waals surface area contributed by atoms with Gasteiger partial charge in [-0.05, 0) is 30.2 Å². The molecule has 2 aromatic heterocycles. The number of fused-ring (bicyclic) bond motifs is 1. The minimum Gasteiger partial charge on any atom is -0.352 e. The van der Waals surface area contributed by atoms with E-state index in [9.17, 15) is 9.59 Å². The molecule has 2 N–H and O–H groups in total. The van der Waals surface area contributed by atoms with Crippen LogP contribution in [0, 0.1) is 6.92 Å². The SMILES string of the molecule is CC(=O)NCc1cccc(CNC(=O)c2c(C)nc3ccccn23)c1. The lowest BCUT2D eigenvalue weighted by Crippen LogP contribution is -2.25. The third-order valence-corrected chi connectivity index (χ3v) is 3.91. The summed E-state index contributed by atoms with van der Waals surface area (Å²) in [5.41, 5.74) is 3.96. The van der Waals surface area contributed by atoms with Gasteiger partial charge < -0.3 is 10.6 Å². The van der Waals surface area contributed by atoms with Gasteiger partial charge >= 0.3 is 0 Å². The van der Waals surface area contributed by atoms with Crippen LogP contribution in [0.2, 0.25) is 0 Å². The molecule has 0 saturated heterocycles. The zero-order valence-electron chi connectivity index (χ0n) is 14.2. The molecule has 1 aromatic carbocycles. The molecule has 6 heteroatoms. The number of hydrogen-bond donors (Lipinski definition) is 2. The number of rotatable bonds is 5. The Morgan fingerprint density at radius 1 is 1.04 bits per heavy atom. The number of carbonyl (C=O) groups excluding carboxylic acids is 2. The van der Waals surface area contributed by atoms with E-state index in [1.165, 1.54) is 6.92 Å². The second-order valence-corrected chi connectivity index (χ2v) is 5.89. The highest BCUT2D eigenvalue weighted by Gasteiger charge is 2.15. The van der Waals surface area contributed by atoms with Crippen molar-refractivity contribution < 1.29 is 9.59 Å². The lowest BCUT2D eigenvalue weighted by atomic mass is 10.1. The number of benzene rings is 1. The van der Waals surface area contributed by atoms with Crippen LogP contribution in [0.3, 0.4) is 0 Å². The van der Waals surface area contributed by atoms with E-state index >= 15 is 0 Å². The van der Waals surface area contributed by atoms with Crippen LogP contribution in [0.1, 0.15) is 34.2 Å². The average Bonchev–Trinajstić information content (AvgIpc) is 2.94. The van der Waals surface area contributed by atoms with Crippen molar-refractivity contribution in [3.05, 3.63) is 71.2 Å². The number of amides is 2. The lowest BCUT2D eigenvalue weighted by molar-refractivity contribution is -0.119. The molecular formula is C19H20N4O2.